The second-order valence-corrected chi connectivity index (χ2v) is 6.17. The lowest BCUT2D eigenvalue weighted by atomic mass is 10.1. The lowest BCUT2D eigenvalue weighted by molar-refractivity contribution is -0.124. The van der Waals surface area contributed by atoms with Crippen LogP contribution in [0.4, 0.5) is 0 Å². The summed E-state index contributed by atoms with van der Waals surface area (Å²) in [6.07, 6.45) is 0. The number of nitrogens with one attached hydrogen (secondary N) is 1. The molecule has 132 valence electrons. The highest BCUT2D eigenvalue weighted by Crippen LogP contribution is 2.22. The molecule has 0 bridgehead atoms. The van der Waals surface area contributed by atoms with Gasteiger partial charge in [-0.05, 0) is 37.6 Å². The third-order valence-corrected chi connectivity index (χ3v) is 4.21. The maximum atomic E-state index is 12.2. The van der Waals surface area contributed by atoms with Crippen molar-refractivity contribution in [3.05, 3.63) is 64.1 Å². The van der Waals surface area contributed by atoms with E-state index in [1.807, 2.05) is 38.1 Å². The number of amides is 1. The van der Waals surface area contributed by atoms with E-state index in [0.29, 0.717) is 17.9 Å². The van der Waals surface area contributed by atoms with Crippen LogP contribution in [0, 0.1) is 0 Å². The fraction of sp³-hybridized carbons (Fsp3) is 0.263. The molecule has 0 spiro atoms. The summed E-state index contributed by atoms with van der Waals surface area (Å²) in [6, 6.07) is 14.2. The fourth-order valence-electron chi connectivity index (χ4n) is 2.31. The smallest absolute Gasteiger partial charge is 0.342 e. The van der Waals surface area contributed by atoms with Gasteiger partial charge in [0.05, 0.1) is 12.6 Å². The van der Waals surface area contributed by atoms with Crippen molar-refractivity contribution in [3.8, 4) is 5.75 Å². The summed E-state index contributed by atoms with van der Waals surface area (Å²) in [5, 5.41) is 2.81. The molecule has 5 nitrogen and oxygen atoms in total. The van der Waals surface area contributed by atoms with Crippen LogP contribution >= 0.6 is 15.9 Å². The molecular formula is C19H20BrNO4. The van der Waals surface area contributed by atoms with Crippen LogP contribution in [0.5, 0.6) is 5.75 Å². The van der Waals surface area contributed by atoms with E-state index in [0.717, 1.165) is 10.0 Å². The number of benzene rings is 2. The molecule has 0 heterocycles. The number of para-hydroxylation sites is 1. The number of ether oxygens (including phenoxy) is 2. The Labute approximate surface area is 155 Å². The summed E-state index contributed by atoms with van der Waals surface area (Å²) in [4.78, 5) is 24.2. The number of halogens is 1. The molecule has 25 heavy (non-hydrogen) atoms. The van der Waals surface area contributed by atoms with Crippen molar-refractivity contribution in [3.63, 3.8) is 0 Å². The summed E-state index contributed by atoms with van der Waals surface area (Å²) in [5.41, 5.74) is 1.25. The Morgan fingerprint density at radius 2 is 1.80 bits per heavy atom. The van der Waals surface area contributed by atoms with E-state index in [9.17, 15) is 9.59 Å². The molecule has 1 atom stereocenters. The van der Waals surface area contributed by atoms with Crippen molar-refractivity contribution in [1.82, 2.24) is 5.32 Å². The monoisotopic (exact) mass is 405 g/mol. The van der Waals surface area contributed by atoms with Crippen molar-refractivity contribution in [1.29, 1.82) is 0 Å². The van der Waals surface area contributed by atoms with Crippen molar-refractivity contribution in [2.45, 2.75) is 19.9 Å². The minimum Gasteiger partial charge on any atom is -0.493 e. The minimum absolute atomic E-state index is 0.211. The maximum absolute atomic E-state index is 12.2. The van der Waals surface area contributed by atoms with Gasteiger partial charge in [-0.3, -0.25) is 4.79 Å². The van der Waals surface area contributed by atoms with Crippen LogP contribution in [0.3, 0.4) is 0 Å². The van der Waals surface area contributed by atoms with Crippen LogP contribution in [0.2, 0.25) is 0 Å². The summed E-state index contributed by atoms with van der Waals surface area (Å²) in [5.74, 6) is -0.518. The van der Waals surface area contributed by atoms with Crippen molar-refractivity contribution >= 4 is 27.8 Å². The van der Waals surface area contributed by atoms with Crippen LogP contribution in [-0.2, 0) is 9.53 Å². The van der Waals surface area contributed by atoms with Gasteiger partial charge in [-0.15, -0.1) is 0 Å². The molecule has 0 aliphatic rings. The number of esters is 1. The van der Waals surface area contributed by atoms with E-state index in [4.69, 9.17) is 9.47 Å². The Kier molecular flexibility index (Phi) is 7.01. The Bertz CT molecular complexity index is 748. The molecule has 1 amide bonds. The van der Waals surface area contributed by atoms with E-state index < -0.39 is 5.97 Å². The van der Waals surface area contributed by atoms with Gasteiger partial charge in [0.1, 0.15) is 11.3 Å². The minimum atomic E-state index is -0.590. The number of carbonyl (C=O) groups excluding carboxylic acids is 2. The SMILES string of the molecule is CCOc1ccccc1C(=O)OCC(=O)N[C@H](C)c1ccccc1Br. The predicted molar refractivity (Wildman–Crippen MR) is 98.6 cm³/mol. The molecule has 0 fully saturated rings. The molecule has 1 N–H and O–H groups in total. The van der Waals surface area contributed by atoms with Crippen LogP contribution in [0.15, 0.2) is 53.0 Å². The van der Waals surface area contributed by atoms with E-state index in [-0.39, 0.29) is 18.6 Å². The first-order valence-electron chi connectivity index (χ1n) is 7.95. The molecule has 0 aliphatic carbocycles. The van der Waals surface area contributed by atoms with Gasteiger partial charge in [-0.2, -0.15) is 0 Å². The van der Waals surface area contributed by atoms with Crippen molar-refractivity contribution in [2.75, 3.05) is 13.2 Å². The van der Waals surface area contributed by atoms with Gasteiger partial charge in [-0.25, -0.2) is 4.79 Å². The summed E-state index contributed by atoms with van der Waals surface area (Å²) >= 11 is 3.45. The highest BCUT2D eigenvalue weighted by atomic mass is 79.9. The van der Waals surface area contributed by atoms with Gasteiger partial charge in [0, 0.05) is 4.47 Å². The second kappa shape index (κ2) is 9.22. The highest BCUT2D eigenvalue weighted by Gasteiger charge is 2.17. The van der Waals surface area contributed by atoms with Gasteiger partial charge >= 0.3 is 5.97 Å². The third kappa shape index (κ3) is 5.32. The van der Waals surface area contributed by atoms with E-state index in [1.54, 1.807) is 24.3 Å². The number of carbonyl (C=O) groups is 2. The normalized spacial score (nSPS) is 11.5. The number of hydrogen-bond acceptors (Lipinski definition) is 4. The first kappa shape index (κ1) is 19.0. The van der Waals surface area contributed by atoms with Crippen LogP contribution in [0.25, 0.3) is 0 Å². The Hall–Kier alpha value is -2.34. The predicted octanol–water partition coefficient (Wildman–Crippen LogP) is 3.88. The quantitative estimate of drug-likeness (QED) is 0.709. The molecule has 0 radical (unpaired) electrons. The molecule has 0 unspecified atom stereocenters. The summed E-state index contributed by atoms with van der Waals surface area (Å²) in [7, 11) is 0. The molecule has 0 aromatic heterocycles. The van der Waals surface area contributed by atoms with E-state index in [2.05, 4.69) is 21.2 Å². The maximum Gasteiger partial charge on any atom is 0.342 e. The van der Waals surface area contributed by atoms with Crippen LogP contribution < -0.4 is 10.1 Å². The van der Waals surface area contributed by atoms with Crippen molar-refractivity contribution in [2.24, 2.45) is 0 Å². The Morgan fingerprint density at radius 3 is 2.52 bits per heavy atom. The van der Waals surface area contributed by atoms with Gasteiger partial charge in [0.2, 0.25) is 0 Å². The summed E-state index contributed by atoms with van der Waals surface area (Å²) < 4.78 is 11.4. The van der Waals surface area contributed by atoms with Gasteiger partial charge in [-0.1, -0.05) is 46.3 Å². The van der Waals surface area contributed by atoms with E-state index in [1.165, 1.54) is 0 Å². The average Bonchev–Trinajstić information content (AvgIpc) is 2.60. The first-order chi connectivity index (χ1) is 12.0. The average molecular weight is 406 g/mol. The molecule has 2 aromatic carbocycles. The first-order valence-corrected chi connectivity index (χ1v) is 8.75. The zero-order valence-electron chi connectivity index (χ0n) is 14.1. The van der Waals surface area contributed by atoms with Gasteiger partial charge in [0.15, 0.2) is 6.61 Å². The zero-order valence-corrected chi connectivity index (χ0v) is 15.7. The van der Waals surface area contributed by atoms with Crippen LogP contribution in [-0.4, -0.2) is 25.1 Å². The molecule has 6 heteroatoms. The molecule has 2 rings (SSSR count). The lowest BCUT2D eigenvalue weighted by Crippen LogP contribution is -2.31. The molecule has 2 aromatic rings. The fourth-order valence-corrected chi connectivity index (χ4v) is 2.94. The standard InChI is InChI=1S/C19H20BrNO4/c1-3-24-17-11-7-5-9-15(17)19(23)25-12-18(22)21-13(2)14-8-4-6-10-16(14)20/h4-11,13H,3,12H2,1-2H3,(H,21,22)/t13-/m1/s1. The van der Waals surface area contributed by atoms with Crippen LogP contribution in [0.1, 0.15) is 35.8 Å². The Morgan fingerprint density at radius 1 is 1.12 bits per heavy atom. The zero-order chi connectivity index (χ0) is 18.2. The van der Waals surface area contributed by atoms with Gasteiger partial charge in [0.25, 0.3) is 5.91 Å². The lowest BCUT2D eigenvalue weighted by Gasteiger charge is -2.16. The van der Waals surface area contributed by atoms with Gasteiger partial charge < -0.3 is 14.8 Å². The molecule has 0 aliphatic heterocycles. The number of hydrogen-bond donors (Lipinski definition) is 1. The molecule has 0 saturated carbocycles. The molecule has 0 saturated heterocycles. The largest absolute Gasteiger partial charge is 0.493 e. The topological polar surface area (TPSA) is 64.6 Å². The number of rotatable bonds is 7. The van der Waals surface area contributed by atoms with E-state index >= 15 is 0 Å². The van der Waals surface area contributed by atoms with Crippen molar-refractivity contribution < 1.29 is 19.1 Å². The second-order valence-electron chi connectivity index (χ2n) is 5.32. The highest BCUT2D eigenvalue weighted by molar-refractivity contribution is 9.10. The third-order valence-electron chi connectivity index (χ3n) is 3.49. The molecular weight excluding hydrogens is 386 g/mol. The summed E-state index contributed by atoms with van der Waals surface area (Å²) in [6.45, 7) is 3.78. The Balaban J connectivity index is 1.92.